The van der Waals surface area contributed by atoms with Crippen LogP contribution < -0.4 is 5.32 Å². The lowest BCUT2D eigenvalue weighted by molar-refractivity contribution is -0.141. The third kappa shape index (κ3) is 2.23. The molecule has 1 atom stereocenters. The van der Waals surface area contributed by atoms with E-state index >= 15 is 0 Å². The molecule has 21 heavy (non-hydrogen) atoms. The van der Waals surface area contributed by atoms with Gasteiger partial charge in [-0.05, 0) is 31.4 Å². The Labute approximate surface area is 123 Å². The molecule has 1 aromatic rings. The van der Waals surface area contributed by atoms with Crippen LogP contribution >= 0.6 is 0 Å². The number of morpholine rings is 1. The molecule has 1 N–H and O–H groups in total. The molecule has 112 valence electrons. The molecular formula is C15H19N3O3. The van der Waals surface area contributed by atoms with Gasteiger partial charge in [-0.25, -0.2) is 0 Å². The highest BCUT2D eigenvalue weighted by Crippen LogP contribution is 2.37. The highest BCUT2D eigenvalue weighted by atomic mass is 16.5. The fraction of sp³-hybridized carbons (Fsp3) is 0.600. The van der Waals surface area contributed by atoms with Gasteiger partial charge in [0.05, 0.1) is 6.54 Å². The molecule has 2 saturated heterocycles. The predicted molar refractivity (Wildman–Crippen MR) is 74.9 cm³/mol. The van der Waals surface area contributed by atoms with Gasteiger partial charge in [0.1, 0.15) is 17.9 Å². The van der Waals surface area contributed by atoms with Crippen molar-refractivity contribution in [2.24, 2.45) is 0 Å². The van der Waals surface area contributed by atoms with Crippen molar-refractivity contribution in [1.82, 2.24) is 14.8 Å². The van der Waals surface area contributed by atoms with Crippen LogP contribution in [-0.2, 0) is 9.53 Å². The number of carbonyl (C=O) groups excluding carboxylic acids is 2. The fourth-order valence-electron chi connectivity index (χ4n) is 3.27. The standard InChI is InChI=1S/C15H19N3O3/c19-13-8-21-15(9-16-13)5-7-17(10-15)14(20)12-2-1-6-18(12)11-3-4-11/h1-2,6,11H,3-5,7-10H2,(H,16,19). The van der Waals surface area contributed by atoms with E-state index in [9.17, 15) is 9.59 Å². The van der Waals surface area contributed by atoms with Crippen molar-refractivity contribution in [1.29, 1.82) is 0 Å². The first-order valence-corrected chi connectivity index (χ1v) is 7.54. The van der Waals surface area contributed by atoms with Crippen LogP contribution in [0, 0.1) is 0 Å². The molecule has 2 aliphatic heterocycles. The highest BCUT2D eigenvalue weighted by molar-refractivity contribution is 5.93. The Bertz CT molecular complexity index is 581. The Kier molecular flexibility index (Phi) is 2.82. The molecule has 1 unspecified atom stereocenters. The van der Waals surface area contributed by atoms with Crippen LogP contribution in [0.1, 0.15) is 35.8 Å². The fourth-order valence-corrected chi connectivity index (χ4v) is 3.27. The first kappa shape index (κ1) is 12.9. The summed E-state index contributed by atoms with van der Waals surface area (Å²) < 4.78 is 7.81. The molecule has 1 aromatic heterocycles. The molecule has 0 bridgehead atoms. The summed E-state index contributed by atoms with van der Waals surface area (Å²) in [5, 5.41) is 2.84. The van der Waals surface area contributed by atoms with Crippen molar-refractivity contribution in [3.63, 3.8) is 0 Å². The number of hydrogen-bond donors (Lipinski definition) is 1. The van der Waals surface area contributed by atoms with Crippen molar-refractivity contribution in [3.8, 4) is 0 Å². The molecule has 3 heterocycles. The van der Waals surface area contributed by atoms with E-state index < -0.39 is 0 Å². The van der Waals surface area contributed by atoms with E-state index in [0.717, 1.165) is 25.0 Å². The normalized spacial score (nSPS) is 29.0. The number of aromatic nitrogens is 1. The van der Waals surface area contributed by atoms with Crippen LogP contribution in [0.2, 0.25) is 0 Å². The third-order valence-electron chi connectivity index (χ3n) is 4.66. The minimum Gasteiger partial charge on any atom is -0.361 e. The number of nitrogens with one attached hydrogen (secondary N) is 1. The summed E-state index contributed by atoms with van der Waals surface area (Å²) in [7, 11) is 0. The van der Waals surface area contributed by atoms with Gasteiger partial charge in [-0.15, -0.1) is 0 Å². The summed E-state index contributed by atoms with van der Waals surface area (Å²) in [4.78, 5) is 25.8. The molecule has 6 nitrogen and oxygen atoms in total. The average molecular weight is 289 g/mol. The van der Waals surface area contributed by atoms with Crippen LogP contribution in [0.5, 0.6) is 0 Å². The zero-order chi connectivity index (χ0) is 14.4. The lowest BCUT2D eigenvalue weighted by Gasteiger charge is -2.33. The summed E-state index contributed by atoms with van der Waals surface area (Å²) in [5.41, 5.74) is 0.384. The van der Waals surface area contributed by atoms with Crippen LogP contribution in [0.25, 0.3) is 0 Å². The molecule has 0 radical (unpaired) electrons. The zero-order valence-electron chi connectivity index (χ0n) is 11.9. The monoisotopic (exact) mass is 289 g/mol. The van der Waals surface area contributed by atoms with E-state index in [1.165, 1.54) is 0 Å². The highest BCUT2D eigenvalue weighted by Gasteiger charge is 2.44. The van der Waals surface area contributed by atoms with Gasteiger partial charge in [0, 0.05) is 25.3 Å². The Hall–Kier alpha value is -1.82. The van der Waals surface area contributed by atoms with Gasteiger partial charge in [-0.1, -0.05) is 0 Å². The maximum Gasteiger partial charge on any atom is 0.270 e. The van der Waals surface area contributed by atoms with E-state index in [1.54, 1.807) is 0 Å². The number of amides is 2. The second-order valence-electron chi connectivity index (χ2n) is 6.26. The number of rotatable bonds is 2. The number of hydrogen-bond acceptors (Lipinski definition) is 3. The zero-order valence-corrected chi connectivity index (χ0v) is 11.9. The lowest BCUT2D eigenvalue weighted by Crippen LogP contribution is -2.54. The van der Waals surface area contributed by atoms with Crippen molar-refractivity contribution in [2.45, 2.75) is 30.9 Å². The second kappa shape index (κ2) is 4.59. The van der Waals surface area contributed by atoms with E-state index in [-0.39, 0.29) is 24.0 Å². The molecule has 2 amide bonds. The Morgan fingerprint density at radius 1 is 1.43 bits per heavy atom. The number of nitrogens with zero attached hydrogens (tertiary/aromatic N) is 2. The van der Waals surface area contributed by atoms with Crippen LogP contribution in [-0.4, -0.2) is 53.1 Å². The van der Waals surface area contributed by atoms with E-state index in [1.807, 2.05) is 23.2 Å². The average Bonchev–Trinajstić information content (AvgIpc) is 3.08. The van der Waals surface area contributed by atoms with Crippen molar-refractivity contribution in [3.05, 3.63) is 24.0 Å². The van der Waals surface area contributed by atoms with Gasteiger partial charge in [-0.2, -0.15) is 0 Å². The van der Waals surface area contributed by atoms with Gasteiger partial charge < -0.3 is 19.5 Å². The van der Waals surface area contributed by atoms with Gasteiger partial charge in [0.25, 0.3) is 5.91 Å². The maximum atomic E-state index is 12.7. The second-order valence-corrected chi connectivity index (χ2v) is 6.26. The first-order chi connectivity index (χ1) is 10.2. The molecule has 1 aliphatic carbocycles. The molecule has 1 spiro atoms. The van der Waals surface area contributed by atoms with Gasteiger partial charge in [0.15, 0.2) is 0 Å². The van der Waals surface area contributed by atoms with Gasteiger partial charge in [0.2, 0.25) is 5.91 Å². The molecule has 3 fully saturated rings. The molecule has 6 heteroatoms. The Morgan fingerprint density at radius 3 is 3.00 bits per heavy atom. The number of carbonyl (C=O) groups is 2. The smallest absolute Gasteiger partial charge is 0.270 e. The van der Waals surface area contributed by atoms with Gasteiger partial charge >= 0.3 is 0 Å². The summed E-state index contributed by atoms with van der Waals surface area (Å²) in [6.07, 6.45) is 5.10. The summed E-state index contributed by atoms with van der Waals surface area (Å²) >= 11 is 0. The van der Waals surface area contributed by atoms with Crippen LogP contribution in [0.4, 0.5) is 0 Å². The van der Waals surface area contributed by atoms with E-state index in [4.69, 9.17) is 4.74 Å². The van der Waals surface area contributed by atoms with Crippen LogP contribution in [0.3, 0.4) is 0 Å². The summed E-state index contributed by atoms with van der Waals surface area (Å²) in [6, 6.07) is 4.34. The van der Waals surface area contributed by atoms with Crippen molar-refractivity contribution >= 4 is 11.8 Å². The Morgan fingerprint density at radius 2 is 2.29 bits per heavy atom. The molecule has 1 saturated carbocycles. The molecule has 3 aliphatic rings. The molecular weight excluding hydrogens is 270 g/mol. The van der Waals surface area contributed by atoms with Crippen molar-refractivity contribution in [2.75, 3.05) is 26.2 Å². The quantitative estimate of drug-likeness (QED) is 0.865. The molecule has 4 rings (SSSR count). The van der Waals surface area contributed by atoms with E-state index in [0.29, 0.717) is 25.7 Å². The van der Waals surface area contributed by atoms with Gasteiger partial charge in [-0.3, -0.25) is 9.59 Å². The SMILES string of the molecule is O=C1COC2(CCN(C(=O)c3cccn3C3CC3)C2)CN1. The third-order valence-corrected chi connectivity index (χ3v) is 4.66. The number of likely N-dealkylation sites (tertiary alicyclic amines) is 1. The topological polar surface area (TPSA) is 63.6 Å². The maximum absolute atomic E-state index is 12.7. The lowest BCUT2D eigenvalue weighted by atomic mass is 10.0. The molecule has 0 aromatic carbocycles. The largest absolute Gasteiger partial charge is 0.361 e. The summed E-state index contributed by atoms with van der Waals surface area (Å²) in [5.74, 6) is -0.00251. The predicted octanol–water partition coefficient (Wildman–Crippen LogP) is 0.554. The van der Waals surface area contributed by atoms with E-state index in [2.05, 4.69) is 9.88 Å². The Balaban J connectivity index is 1.48. The number of ether oxygens (including phenoxy) is 1. The minimum atomic E-state index is -0.388. The van der Waals surface area contributed by atoms with Crippen LogP contribution in [0.15, 0.2) is 18.3 Å². The van der Waals surface area contributed by atoms with Crippen molar-refractivity contribution < 1.29 is 14.3 Å². The first-order valence-electron chi connectivity index (χ1n) is 7.54. The minimum absolute atomic E-state index is 0.0734. The summed E-state index contributed by atoms with van der Waals surface area (Å²) in [6.45, 7) is 1.84.